The number of carbonyl (C=O) groups excluding carboxylic acids is 2. The Morgan fingerprint density at radius 2 is 2.07 bits per heavy atom. The van der Waals surface area contributed by atoms with Gasteiger partial charge in [-0.15, -0.1) is 0 Å². The van der Waals surface area contributed by atoms with Crippen LogP contribution in [-0.4, -0.2) is 43.1 Å². The van der Waals surface area contributed by atoms with Gasteiger partial charge in [0, 0.05) is 44.1 Å². The molecule has 0 bridgehead atoms. The first-order chi connectivity index (χ1) is 13.9. The third kappa shape index (κ3) is 4.89. The number of hydrogen-bond acceptors (Lipinski definition) is 4. The molecule has 3 rings (SSSR count). The lowest BCUT2D eigenvalue weighted by Gasteiger charge is -2.22. The topological polar surface area (TPSA) is 67.9 Å². The fourth-order valence-corrected chi connectivity index (χ4v) is 3.14. The summed E-state index contributed by atoms with van der Waals surface area (Å²) in [6.45, 7) is 3.05. The van der Waals surface area contributed by atoms with Crippen LogP contribution in [0, 0.1) is 11.6 Å². The molecule has 8 heteroatoms. The van der Waals surface area contributed by atoms with Crippen LogP contribution in [0.3, 0.4) is 0 Å². The van der Waals surface area contributed by atoms with Crippen molar-refractivity contribution >= 4 is 17.5 Å². The Morgan fingerprint density at radius 3 is 2.79 bits per heavy atom. The van der Waals surface area contributed by atoms with E-state index < -0.39 is 23.6 Å². The Hall–Kier alpha value is -3.00. The van der Waals surface area contributed by atoms with Crippen molar-refractivity contribution in [2.75, 3.05) is 25.6 Å². The van der Waals surface area contributed by atoms with E-state index in [0.717, 1.165) is 17.7 Å². The van der Waals surface area contributed by atoms with Crippen LogP contribution in [0.1, 0.15) is 29.3 Å². The molecule has 1 N–H and O–H groups in total. The van der Waals surface area contributed by atoms with Gasteiger partial charge in [-0.25, -0.2) is 8.78 Å². The van der Waals surface area contributed by atoms with Gasteiger partial charge in [0.05, 0.1) is 5.56 Å². The monoisotopic (exact) mass is 404 g/mol. The summed E-state index contributed by atoms with van der Waals surface area (Å²) in [5.41, 5.74) is 0.875. The minimum absolute atomic E-state index is 0.128. The van der Waals surface area contributed by atoms with Gasteiger partial charge in [-0.2, -0.15) is 0 Å². The molecule has 0 radical (unpaired) electrons. The van der Waals surface area contributed by atoms with Gasteiger partial charge in [0.1, 0.15) is 17.4 Å². The molecule has 1 heterocycles. The van der Waals surface area contributed by atoms with Gasteiger partial charge in [-0.05, 0) is 43.7 Å². The summed E-state index contributed by atoms with van der Waals surface area (Å²) < 4.78 is 37.7. The summed E-state index contributed by atoms with van der Waals surface area (Å²) in [7, 11) is 1.60. The van der Waals surface area contributed by atoms with E-state index in [9.17, 15) is 18.4 Å². The molecule has 1 atom stereocenters. The number of halogens is 2. The van der Waals surface area contributed by atoms with Crippen molar-refractivity contribution in [1.29, 1.82) is 0 Å². The third-order valence-corrected chi connectivity index (χ3v) is 4.59. The van der Waals surface area contributed by atoms with Crippen LogP contribution >= 0.6 is 0 Å². The molecule has 1 aliphatic rings. The number of rotatable bonds is 6. The second-order valence-electron chi connectivity index (χ2n) is 6.77. The molecule has 0 aromatic heterocycles. The second kappa shape index (κ2) is 9.00. The number of amides is 2. The van der Waals surface area contributed by atoms with E-state index in [1.54, 1.807) is 37.1 Å². The molecule has 2 aromatic carbocycles. The Bertz CT molecular complexity index is 920. The van der Waals surface area contributed by atoms with Crippen molar-refractivity contribution in [2.24, 2.45) is 0 Å². The van der Waals surface area contributed by atoms with Crippen LogP contribution in [0.5, 0.6) is 5.75 Å². The standard InChI is InChI=1S/C21H22F2N2O4/c1-13-21(27)25(8-3-9-28-2)12-14-10-16(5-7-19(14)29-13)24-20(26)17-6-4-15(22)11-18(17)23/h4-7,10-11,13H,3,8-9,12H2,1-2H3,(H,24,26). The number of nitrogens with one attached hydrogen (secondary N) is 1. The number of ether oxygens (including phenoxy) is 2. The summed E-state index contributed by atoms with van der Waals surface area (Å²) in [5.74, 6) is -1.97. The zero-order valence-electron chi connectivity index (χ0n) is 16.2. The molecule has 0 saturated heterocycles. The van der Waals surface area contributed by atoms with Crippen molar-refractivity contribution in [3.05, 3.63) is 59.2 Å². The fourth-order valence-electron chi connectivity index (χ4n) is 3.14. The fraction of sp³-hybridized carbons (Fsp3) is 0.333. The van der Waals surface area contributed by atoms with E-state index in [4.69, 9.17) is 9.47 Å². The average molecular weight is 404 g/mol. The minimum atomic E-state index is -0.940. The normalized spacial score (nSPS) is 16.1. The number of anilines is 1. The highest BCUT2D eigenvalue weighted by molar-refractivity contribution is 6.04. The van der Waals surface area contributed by atoms with Crippen molar-refractivity contribution in [3.63, 3.8) is 0 Å². The molecular weight excluding hydrogens is 382 g/mol. The van der Waals surface area contributed by atoms with Gasteiger partial charge in [0.2, 0.25) is 0 Å². The maximum Gasteiger partial charge on any atom is 0.263 e. The first-order valence-electron chi connectivity index (χ1n) is 9.22. The lowest BCUT2D eigenvalue weighted by molar-refractivity contribution is -0.137. The molecule has 1 aliphatic heterocycles. The lowest BCUT2D eigenvalue weighted by atomic mass is 10.1. The predicted octanol–water partition coefficient (Wildman–Crippen LogP) is 3.36. The number of benzene rings is 2. The first kappa shape index (κ1) is 20.7. The zero-order chi connectivity index (χ0) is 21.0. The highest BCUT2D eigenvalue weighted by Gasteiger charge is 2.27. The molecule has 154 valence electrons. The molecule has 2 amide bonds. The molecule has 2 aromatic rings. The van der Waals surface area contributed by atoms with E-state index in [1.165, 1.54) is 0 Å². The molecule has 0 spiro atoms. The van der Waals surface area contributed by atoms with Crippen LogP contribution in [-0.2, 0) is 16.1 Å². The highest BCUT2D eigenvalue weighted by Crippen LogP contribution is 2.29. The van der Waals surface area contributed by atoms with Crippen LogP contribution in [0.15, 0.2) is 36.4 Å². The molecule has 29 heavy (non-hydrogen) atoms. The van der Waals surface area contributed by atoms with Gasteiger partial charge >= 0.3 is 0 Å². The van der Waals surface area contributed by atoms with Crippen LogP contribution < -0.4 is 10.1 Å². The van der Waals surface area contributed by atoms with E-state index in [0.29, 0.717) is 43.6 Å². The van der Waals surface area contributed by atoms with Gasteiger partial charge in [-0.1, -0.05) is 0 Å². The molecular formula is C21H22F2N2O4. The van der Waals surface area contributed by atoms with Gasteiger partial charge in [0.15, 0.2) is 6.10 Å². The smallest absolute Gasteiger partial charge is 0.263 e. The summed E-state index contributed by atoms with van der Waals surface area (Å²) in [6.07, 6.45) is 0.0532. The van der Waals surface area contributed by atoms with E-state index >= 15 is 0 Å². The highest BCUT2D eigenvalue weighted by atomic mass is 19.1. The predicted molar refractivity (Wildman–Crippen MR) is 103 cm³/mol. The lowest BCUT2D eigenvalue weighted by Crippen LogP contribution is -2.38. The largest absolute Gasteiger partial charge is 0.481 e. The number of methoxy groups -OCH3 is 1. The zero-order valence-corrected chi connectivity index (χ0v) is 16.2. The third-order valence-electron chi connectivity index (χ3n) is 4.59. The maximum absolute atomic E-state index is 13.8. The summed E-state index contributed by atoms with van der Waals surface area (Å²) in [5, 5.41) is 2.60. The number of fused-ring (bicyclic) bond motifs is 1. The number of hydrogen-bond donors (Lipinski definition) is 1. The molecule has 0 aliphatic carbocycles. The average Bonchev–Trinajstić information content (AvgIpc) is 2.79. The quantitative estimate of drug-likeness (QED) is 0.750. The van der Waals surface area contributed by atoms with Gasteiger partial charge < -0.3 is 19.7 Å². The molecule has 0 fully saturated rings. The number of carbonyl (C=O) groups is 2. The first-order valence-corrected chi connectivity index (χ1v) is 9.22. The van der Waals surface area contributed by atoms with Crippen molar-refractivity contribution in [1.82, 2.24) is 4.90 Å². The van der Waals surface area contributed by atoms with Crippen molar-refractivity contribution < 1.29 is 27.8 Å². The van der Waals surface area contributed by atoms with Crippen LogP contribution in [0.25, 0.3) is 0 Å². The molecule has 1 unspecified atom stereocenters. The Balaban J connectivity index is 1.79. The van der Waals surface area contributed by atoms with E-state index in [2.05, 4.69) is 5.32 Å². The SMILES string of the molecule is COCCCN1Cc2cc(NC(=O)c3ccc(F)cc3F)ccc2OC(C)C1=O. The van der Waals surface area contributed by atoms with E-state index in [1.807, 2.05) is 0 Å². The summed E-state index contributed by atoms with van der Waals surface area (Å²) in [6, 6.07) is 7.72. The van der Waals surface area contributed by atoms with E-state index in [-0.39, 0.29) is 11.5 Å². The minimum Gasteiger partial charge on any atom is -0.481 e. The van der Waals surface area contributed by atoms with Crippen molar-refractivity contribution in [2.45, 2.75) is 26.0 Å². The van der Waals surface area contributed by atoms with Crippen molar-refractivity contribution in [3.8, 4) is 5.75 Å². The second-order valence-corrected chi connectivity index (χ2v) is 6.77. The summed E-state index contributed by atoms with van der Waals surface area (Å²) >= 11 is 0. The Morgan fingerprint density at radius 1 is 1.28 bits per heavy atom. The van der Waals surface area contributed by atoms with Gasteiger partial charge in [0.25, 0.3) is 11.8 Å². The van der Waals surface area contributed by atoms with Crippen LogP contribution in [0.4, 0.5) is 14.5 Å². The molecule has 0 saturated carbocycles. The Kier molecular flexibility index (Phi) is 6.43. The maximum atomic E-state index is 13.8. The van der Waals surface area contributed by atoms with Gasteiger partial charge in [-0.3, -0.25) is 9.59 Å². The van der Waals surface area contributed by atoms with Crippen LogP contribution in [0.2, 0.25) is 0 Å². The number of nitrogens with zero attached hydrogens (tertiary/aromatic N) is 1. The molecule has 6 nitrogen and oxygen atoms in total. The summed E-state index contributed by atoms with van der Waals surface area (Å²) in [4.78, 5) is 26.6. The Labute approximate surface area is 167 Å².